The lowest BCUT2D eigenvalue weighted by molar-refractivity contribution is -0.116. The molecule has 0 aliphatic carbocycles. The Morgan fingerprint density at radius 1 is 1.23 bits per heavy atom. The maximum absolute atomic E-state index is 13.9. The lowest BCUT2D eigenvalue weighted by atomic mass is 10.1. The third-order valence-electron chi connectivity index (χ3n) is 5.37. The van der Waals surface area contributed by atoms with Crippen molar-refractivity contribution in [2.45, 2.75) is 26.4 Å². The molecule has 0 saturated carbocycles. The molecule has 0 radical (unpaired) electrons. The molecule has 5 rings (SSSR count). The predicted octanol–water partition coefficient (Wildman–Crippen LogP) is 5.58. The summed E-state index contributed by atoms with van der Waals surface area (Å²) in [7, 11) is 0. The van der Waals surface area contributed by atoms with Crippen LogP contribution < -0.4 is 5.32 Å². The van der Waals surface area contributed by atoms with E-state index in [4.69, 9.17) is 4.42 Å². The normalized spacial score (nSPS) is 11.5. The lowest BCUT2D eigenvalue weighted by Crippen LogP contribution is -2.20. The molecule has 178 valence electrons. The molecule has 11 heteroatoms. The van der Waals surface area contributed by atoms with Crippen molar-refractivity contribution in [1.82, 2.24) is 24.5 Å². The topological polar surface area (TPSA) is 90.8 Å². The first-order valence-electron chi connectivity index (χ1n) is 10.6. The Hall–Kier alpha value is -3.86. The zero-order chi connectivity index (χ0) is 24.5. The minimum atomic E-state index is -2.74. The number of alkyl halides is 2. The summed E-state index contributed by atoms with van der Waals surface area (Å²) in [6, 6.07) is 12.0. The third kappa shape index (κ3) is 4.85. The average Bonchev–Trinajstić information content (AvgIpc) is 3.55. The summed E-state index contributed by atoms with van der Waals surface area (Å²) in [6.07, 6.45) is 2.26. The third-order valence-corrected chi connectivity index (χ3v) is 5.78. The van der Waals surface area contributed by atoms with E-state index in [2.05, 4.69) is 36.4 Å². The molecule has 0 spiro atoms. The van der Waals surface area contributed by atoms with E-state index in [0.717, 1.165) is 10.0 Å². The first kappa shape index (κ1) is 22.9. The second kappa shape index (κ2) is 9.41. The maximum Gasteiger partial charge on any atom is 0.264 e. The van der Waals surface area contributed by atoms with E-state index in [1.165, 1.54) is 17.0 Å². The highest BCUT2D eigenvalue weighted by Gasteiger charge is 2.22. The minimum Gasteiger partial charge on any atom is -0.463 e. The number of carbonyl (C=O) groups is 1. The number of carbonyl (C=O) groups excluding carboxylic acids is 1. The van der Waals surface area contributed by atoms with Crippen LogP contribution in [0.15, 0.2) is 70.0 Å². The highest BCUT2D eigenvalue weighted by Crippen LogP contribution is 2.33. The molecule has 0 aliphatic heterocycles. The van der Waals surface area contributed by atoms with Crippen LogP contribution in [0.4, 0.5) is 14.5 Å². The molecular weight excluding hydrogens is 522 g/mol. The van der Waals surface area contributed by atoms with Crippen LogP contribution in [0.2, 0.25) is 0 Å². The second-order valence-electron chi connectivity index (χ2n) is 7.92. The number of furan rings is 1. The van der Waals surface area contributed by atoms with E-state index in [-0.39, 0.29) is 34.7 Å². The molecule has 0 fully saturated rings. The SMILES string of the molecule is Cc1nn(CC(=O)Nc2cccc(Cn3cc(Br)cn3)c2)c2nc(-c3ccco3)cc(C(F)F)c12. The summed E-state index contributed by atoms with van der Waals surface area (Å²) in [5, 5.41) is 11.6. The highest BCUT2D eigenvalue weighted by atomic mass is 79.9. The summed E-state index contributed by atoms with van der Waals surface area (Å²) in [4.78, 5) is 17.3. The summed E-state index contributed by atoms with van der Waals surface area (Å²) >= 11 is 3.37. The van der Waals surface area contributed by atoms with Crippen molar-refractivity contribution in [1.29, 1.82) is 0 Å². The molecule has 5 aromatic rings. The molecule has 1 amide bonds. The fourth-order valence-electron chi connectivity index (χ4n) is 3.92. The van der Waals surface area contributed by atoms with E-state index >= 15 is 0 Å². The molecule has 4 aromatic heterocycles. The van der Waals surface area contributed by atoms with Crippen molar-refractivity contribution in [3.8, 4) is 11.5 Å². The molecule has 35 heavy (non-hydrogen) atoms. The number of aryl methyl sites for hydroxylation is 1. The highest BCUT2D eigenvalue weighted by molar-refractivity contribution is 9.10. The second-order valence-corrected chi connectivity index (χ2v) is 8.84. The van der Waals surface area contributed by atoms with Crippen molar-refractivity contribution in [3.05, 3.63) is 82.4 Å². The van der Waals surface area contributed by atoms with Crippen molar-refractivity contribution in [3.63, 3.8) is 0 Å². The van der Waals surface area contributed by atoms with Crippen molar-refractivity contribution in [2.75, 3.05) is 5.32 Å². The molecule has 0 bridgehead atoms. The van der Waals surface area contributed by atoms with Crippen LogP contribution in [0.1, 0.15) is 23.2 Å². The maximum atomic E-state index is 13.9. The van der Waals surface area contributed by atoms with Gasteiger partial charge in [-0.3, -0.25) is 9.48 Å². The van der Waals surface area contributed by atoms with Gasteiger partial charge in [-0.25, -0.2) is 18.4 Å². The van der Waals surface area contributed by atoms with Crippen LogP contribution in [-0.4, -0.2) is 30.5 Å². The molecule has 0 aliphatic rings. The first-order valence-corrected chi connectivity index (χ1v) is 11.4. The van der Waals surface area contributed by atoms with Crippen LogP contribution in [0.3, 0.4) is 0 Å². The number of pyridine rings is 1. The van der Waals surface area contributed by atoms with Gasteiger partial charge >= 0.3 is 0 Å². The van der Waals surface area contributed by atoms with Gasteiger partial charge in [0.25, 0.3) is 6.43 Å². The van der Waals surface area contributed by atoms with Gasteiger partial charge < -0.3 is 9.73 Å². The van der Waals surface area contributed by atoms with Gasteiger partial charge in [0, 0.05) is 17.4 Å². The Bertz CT molecular complexity index is 1510. The first-order chi connectivity index (χ1) is 16.9. The van der Waals surface area contributed by atoms with Gasteiger partial charge in [-0.05, 0) is 58.7 Å². The predicted molar refractivity (Wildman–Crippen MR) is 129 cm³/mol. The molecular formula is C24H19BrF2N6O2. The number of fused-ring (bicyclic) bond motifs is 1. The lowest BCUT2D eigenvalue weighted by Gasteiger charge is -2.09. The molecule has 8 nitrogen and oxygen atoms in total. The summed E-state index contributed by atoms with van der Waals surface area (Å²) < 4.78 is 37.1. The Kier molecular flexibility index (Phi) is 6.16. The number of hydrogen-bond donors (Lipinski definition) is 1. The average molecular weight is 541 g/mol. The van der Waals surface area contributed by atoms with Gasteiger partial charge in [0.15, 0.2) is 11.4 Å². The van der Waals surface area contributed by atoms with E-state index in [0.29, 0.717) is 23.7 Å². The monoisotopic (exact) mass is 540 g/mol. The quantitative estimate of drug-likeness (QED) is 0.291. The molecule has 0 atom stereocenters. The van der Waals surface area contributed by atoms with Gasteiger partial charge in [0.05, 0.1) is 34.6 Å². The van der Waals surface area contributed by atoms with Crippen LogP contribution in [0, 0.1) is 6.92 Å². The van der Waals surface area contributed by atoms with Crippen molar-refractivity contribution >= 4 is 38.6 Å². The van der Waals surface area contributed by atoms with Gasteiger partial charge in [0.2, 0.25) is 5.91 Å². The number of rotatable bonds is 7. The van der Waals surface area contributed by atoms with Crippen LogP contribution in [0.5, 0.6) is 0 Å². The molecule has 0 unspecified atom stereocenters. The molecule has 4 heterocycles. The van der Waals surface area contributed by atoms with Gasteiger partial charge in [-0.1, -0.05) is 12.1 Å². The Morgan fingerprint density at radius 2 is 2.09 bits per heavy atom. The number of hydrogen-bond acceptors (Lipinski definition) is 5. The number of aromatic nitrogens is 5. The van der Waals surface area contributed by atoms with E-state index in [9.17, 15) is 13.6 Å². The fraction of sp³-hybridized carbons (Fsp3) is 0.167. The van der Waals surface area contributed by atoms with E-state index in [1.54, 1.807) is 36.0 Å². The van der Waals surface area contributed by atoms with Crippen LogP contribution in [0.25, 0.3) is 22.5 Å². The van der Waals surface area contributed by atoms with Gasteiger partial charge in [0.1, 0.15) is 12.2 Å². The standard InChI is InChI=1S/C24H19BrF2N6O2/c1-14-22-18(23(26)27)9-19(20-6-3-7-35-20)30-24(22)33(31-14)13-21(34)29-17-5-2-4-15(8-17)11-32-12-16(25)10-28-32/h2-10,12,23H,11,13H2,1H3,(H,29,34). The number of nitrogens with zero attached hydrogens (tertiary/aromatic N) is 5. The number of amides is 1. The molecule has 1 aromatic carbocycles. The largest absolute Gasteiger partial charge is 0.463 e. The van der Waals surface area contributed by atoms with Crippen LogP contribution in [-0.2, 0) is 17.9 Å². The number of benzene rings is 1. The Balaban J connectivity index is 1.40. The number of nitrogens with one attached hydrogen (secondary N) is 1. The number of anilines is 1. The minimum absolute atomic E-state index is 0.194. The number of halogens is 3. The molecule has 0 saturated heterocycles. The molecule has 1 N–H and O–H groups in total. The van der Waals surface area contributed by atoms with E-state index < -0.39 is 6.43 Å². The Morgan fingerprint density at radius 3 is 2.80 bits per heavy atom. The zero-order valence-corrected chi connectivity index (χ0v) is 20.0. The fourth-order valence-corrected chi connectivity index (χ4v) is 4.24. The van der Waals surface area contributed by atoms with Gasteiger partial charge in [-0.2, -0.15) is 10.2 Å². The summed E-state index contributed by atoms with van der Waals surface area (Å²) in [6.45, 7) is 1.96. The van der Waals surface area contributed by atoms with Crippen molar-refractivity contribution < 1.29 is 18.0 Å². The Labute approximate surface area is 206 Å². The summed E-state index contributed by atoms with van der Waals surface area (Å²) in [5.41, 5.74) is 2.16. The van der Waals surface area contributed by atoms with Crippen molar-refractivity contribution in [2.24, 2.45) is 0 Å². The summed E-state index contributed by atoms with van der Waals surface area (Å²) in [5.74, 6) is -0.0122. The van der Waals surface area contributed by atoms with E-state index in [1.807, 2.05) is 24.4 Å². The smallest absolute Gasteiger partial charge is 0.264 e. The van der Waals surface area contributed by atoms with Gasteiger partial charge in [-0.15, -0.1) is 0 Å². The zero-order valence-electron chi connectivity index (χ0n) is 18.5. The van der Waals surface area contributed by atoms with Crippen LogP contribution >= 0.6 is 15.9 Å².